The Labute approximate surface area is 315 Å². The molecule has 1 N–H and O–H groups in total. The molecule has 273 valence electrons. The van der Waals surface area contributed by atoms with Crippen molar-refractivity contribution < 1.29 is 34.7 Å². The van der Waals surface area contributed by atoms with Crippen LogP contribution in [0.25, 0.3) is 32.8 Å². The van der Waals surface area contributed by atoms with Crippen molar-refractivity contribution in [3.63, 3.8) is 0 Å². The Bertz CT molecular complexity index is 1860. The van der Waals surface area contributed by atoms with Gasteiger partial charge >= 0.3 is 0 Å². The molecule has 0 saturated carbocycles. The molecule has 4 nitrogen and oxygen atoms in total. The third kappa shape index (κ3) is 8.88. The third-order valence-electron chi connectivity index (χ3n) is 10.7. The molecule has 0 fully saturated rings. The number of fused-ring (bicyclic) bond motifs is 3. The number of hydrogen-bond donors (Lipinski definition) is 1. The van der Waals surface area contributed by atoms with Crippen LogP contribution in [0.3, 0.4) is 0 Å². The predicted molar refractivity (Wildman–Crippen MR) is 208 cm³/mol. The van der Waals surface area contributed by atoms with E-state index in [0.29, 0.717) is 0 Å². The Morgan fingerprint density at radius 3 is 1.98 bits per heavy atom. The molecule has 1 aromatic heterocycles. The van der Waals surface area contributed by atoms with Crippen LogP contribution in [0.1, 0.15) is 125 Å². The van der Waals surface area contributed by atoms with Crippen molar-refractivity contribution in [1.29, 1.82) is 0 Å². The van der Waals surface area contributed by atoms with Crippen molar-refractivity contribution in [3.8, 4) is 22.8 Å². The summed E-state index contributed by atoms with van der Waals surface area (Å²) in [6.07, 6.45) is 8.55. The number of allylic oxidation sites excluding steroid dienone is 2. The number of aliphatic hydroxyl groups is 1. The number of benzene rings is 3. The third-order valence-corrected chi connectivity index (χ3v) is 10.7. The Balaban J connectivity index is 0.000000323. The predicted octanol–water partition coefficient (Wildman–Crippen LogP) is 13.1. The largest absolute Gasteiger partial charge is 0.512 e. The molecule has 1 aliphatic rings. The summed E-state index contributed by atoms with van der Waals surface area (Å²) in [4.78, 5) is 17.1. The maximum absolute atomic E-state index is 12.2. The smallest absolute Gasteiger partial charge is 0.164 e. The van der Waals surface area contributed by atoms with Gasteiger partial charge in [0.25, 0.3) is 0 Å². The van der Waals surface area contributed by atoms with E-state index in [9.17, 15) is 9.90 Å². The van der Waals surface area contributed by atoms with E-state index in [1.807, 2.05) is 47.7 Å². The second-order valence-corrected chi connectivity index (χ2v) is 17.2. The molecular formula is C45H60IrNO3-. The molecule has 0 saturated heterocycles. The van der Waals surface area contributed by atoms with Gasteiger partial charge in [-0.05, 0) is 73.3 Å². The number of hydrogen-bond acceptors (Lipinski definition) is 4. The van der Waals surface area contributed by atoms with E-state index in [0.717, 1.165) is 72.1 Å². The zero-order chi connectivity index (χ0) is 36.5. The van der Waals surface area contributed by atoms with Gasteiger partial charge in [0.05, 0.1) is 5.75 Å². The number of carbonyl (C=O) groups excluding carboxylic acids is 1. The second kappa shape index (κ2) is 15.7. The van der Waals surface area contributed by atoms with Crippen LogP contribution >= 0.6 is 0 Å². The van der Waals surface area contributed by atoms with Crippen LogP contribution in [0.15, 0.2) is 54.4 Å². The fraction of sp³-hybridized carbons (Fsp3) is 0.511. The van der Waals surface area contributed by atoms with E-state index in [4.69, 9.17) is 9.72 Å². The average Bonchev–Trinajstić information content (AvgIpc) is 3.04. The monoisotopic (exact) mass is 855 g/mol. The van der Waals surface area contributed by atoms with Crippen LogP contribution < -0.4 is 4.74 Å². The number of rotatable bonds is 9. The number of carbonyl (C=O) groups is 1. The zero-order valence-corrected chi connectivity index (χ0v) is 35.3. The number of ketones is 1. The van der Waals surface area contributed by atoms with E-state index in [-0.39, 0.29) is 53.3 Å². The normalized spacial score (nSPS) is 13.3. The van der Waals surface area contributed by atoms with Crippen molar-refractivity contribution in [2.45, 2.75) is 129 Å². The quantitative estimate of drug-likeness (QED) is 0.0911. The van der Waals surface area contributed by atoms with E-state index >= 15 is 0 Å². The molecule has 5 rings (SSSR count). The first kappa shape index (κ1) is 41.4. The van der Waals surface area contributed by atoms with E-state index in [2.05, 4.69) is 90.9 Å². The molecule has 3 aromatic carbocycles. The summed E-state index contributed by atoms with van der Waals surface area (Å²) in [5.41, 5.74) is 5.42. The second-order valence-electron chi connectivity index (χ2n) is 17.2. The van der Waals surface area contributed by atoms with E-state index in [1.54, 1.807) is 0 Å². The molecule has 0 atom stereocenters. The van der Waals surface area contributed by atoms with Crippen molar-refractivity contribution in [2.24, 2.45) is 21.7 Å². The molecule has 5 heteroatoms. The molecule has 1 radical (unpaired) electrons. The minimum absolute atomic E-state index is 0. The van der Waals surface area contributed by atoms with Crippen LogP contribution in [0, 0.1) is 34.7 Å². The maximum atomic E-state index is 12.2. The summed E-state index contributed by atoms with van der Waals surface area (Å²) in [5, 5.41) is 14.8. The Kier molecular flexibility index (Phi) is 13.0. The van der Waals surface area contributed by atoms with Gasteiger partial charge in [0.15, 0.2) is 5.78 Å². The first-order valence-electron chi connectivity index (χ1n) is 18.3. The van der Waals surface area contributed by atoms with Crippen LogP contribution in [0.2, 0.25) is 0 Å². The van der Waals surface area contributed by atoms with Crippen LogP contribution in [-0.2, 0) is 37.7 Å². The molecule has 0 aliphatic carbocycles. The van der Waals surface area contributed by atoms with Gasteiger partial charge in [0.2, 0.25) is 0 Å². The van der Waals surface area contributed by atoms with Gasteiger partial charge in [-0.2, -0.15) is 0 Å². The van der Waals surface area contributed by atoms with E-state index < -0.39 is 0 Å². The van der Waals surface area contributed by atoms with Gasteiger partial charge in [-0.25, -0.2) is 0 Å². The Morgan fingerprint density at radius 1 is 0.820 bits per heavy atom. The number of nitrogens with zero attached hydrogens (tertiary/aromatic N) is 1. The summed E-state index contributed by atoms with van der Waals surface area (Å²) in [5.74, 6) is 2.20. The summed E-state index contributed by atoms with van der Waals surface area (Å²) >= 11 is 0. The van der Waals surface area contributed by atoms with Gasteiger partial charge in [0, 0.05) is 54.3 Å². The van der Waals surface area contributed by atoms with Gasteiger partial charge in [-0.1, -0.05) is 129 Å². The number of ether oxygens (including phenoxy) is 1. The number of aryl methyl sites for hydroxylation is 1. The van der Waals surface area contributed by atoms with Gasteiger partial charge in [-0.3, -0.25) is 9.78 Å². The fourth-order valence-electron chi connectivity index (χ4n) is 6.56. The van der Waals surface area contributed by atoms with Crippen LogP contribution in [-0.4, -0.2) is 15.9 Å². The SMILES string of the molecule is CCC(C)(CC)C(=O)/C=C(\O)C(C)(CC)CC.Cc1ccc2c(CC(C)(C)C)c3c([c-]c2c1)-c1nccc2ccc(CC(C)(C)C)c(c12)O3.[Ir]. The summed E-state index contributed by atoms with van der Waals surface area (Å²) < 4.78 is 6.87. The minimum atomic E-state index is -0.337. The fourth-order valence-corrected chi connectivity index (χ4v) is 6.56. The molecule has 50 heavy (non-hydrogen) atoms. The number of aliphatic hydroxyl groups excluding tert-OH is 1. The van der Waals surface area contributed by atoms with Crippen LogP contribution in [0.5, 0.6) is 11.5 Å². The number of aromatic nitrogens is 1. The minimum Gasteiger partial charge on any atom is -0.512 e. The molecular weight excluding hydrogens is 795 g/mol. The van der Waals surface area contributed by atoms with Crippen molar-refractivity contribution in [1.82, 2.24) is 4.98 Å². The zero-order valence-electron chi connectivity index (χ0n) is 32.9. The maximum Gasteiger partial charge on any atom is 0.164 e. The summed E-state index contributed by atoms with van der Waals surface area (Å²) in [6.45, 7) is 27.9. The van der Waals surface area contributed by atoms with Crippen molar-refractivity contribution in [2.75, 3.05) is 0 Å². The molecule has 0 spiro atoms. The Morgan fingerprint density at radius 2 is 1.42 bits per heavy atom. The standard InChI is InChI=1S/C30H32NO.C15H28O2.Ir/c1-18-8-11-22-21(14-18)15-23-26-25-19(12-13-31-26)9-10-20(16-29(2,3)4)27(25)32-28(23)24(22)17-30(5,6)7;1-7-14(5,8-2)12(16)11-13(17)15(6,9-3)10-4;/h8-14H,16-17H2,1-7H3;11,16H,7-10H2,1-6H3;/q-1;;/b;12-11-;. The summed E-state index contributed by atoms with van der Waals surface area (Å²) in [7, 11) is 0. The van der Waals surface area contributed by atoms with Crippen molar-refractivity contribution in [3.05, 3.63) is 77.2 Å². The van der Waals surface area contributed by atoms with Gasteiger partial charge in [-0.15, -0.1) is 17.5 Å². The first-order valence-corrected chi connectivity index (χ1v) is 18.3. The topological polar surface area (TPSA) is 59.4 Å². The van der Waals surface area contributed by atoms with Gasteiger partial charge in [0.1, 0.15) is 11.5 Å². The Hall–Kier alpha value is -3.01. The first-order chi connectivity index (χ1) is 22.8. The van der Waals surface area contributed by atoms with Crippen molar-refractivity contribution >= 4 is 27.3 Å². The molecule has 0 bridgehead atoms. The average molecular weight is 855 g/mol. The van der Waals surface area contributed by atoms with E-state index in [1.165, 1.54) is 33.5 Å². The molecule has 4 aromatic rings. The number of pyridine rings is 1. The molecule has 2 heterocycles. The molecule has 1 aliphatic heterocycles. The summed E-state index contributed by atoms with van der Waals surface area (Å²) in [6, 6.07) is 16.9. The van der Waals surface area contributed by atoms with Gasteiger partial charge < -0.3 is 9.84 Å². The molecule has 0 amide bonds. The molecule has 0 unspecified atom stereocenters. The van der Waals surface area contributed by atoms with Crippen LogP contribution in [0.4, 0.5) is 0 Å².